The van der Waals surface area contributed by atoms with E-state index in [9.17, 15) is 40.5 Å². The zero-order valence-corrected chi connectivity index (χ0v) is 21.9. The number of nitrogens with one attached hydrogen (secondary N) is 1. The lowest BCUT2D eigenvalue weighted by Crippen LogP contribution is -2.28. The maximum absolute atomic E-state index is 12.9. The first-order valence-corrected chi connectivity index (χ1v) is 12.7. The molecule has 1 heterocycles. The zero-order valence-electron chi connectivity index (χ0n) is 21.0. The van der Waals surface area contributed by atoms with Crippen molar-refractivity contribution >= 4 is 28.0 Å². The predicted octanol–water partition coefficient (Wildman–Crippen LogP) is 3.98. The smallest absolute Gasteiger partial charge is 0.493 e. The molecule has 1 saturated carbocycles. The second-order valence-corrected chi connectivity index (χ2v) is 9.17. The predicted molar refractivity (Wildman–Crippen MR) is 126 cm³/mol. The number of hydrogen-bond acceptors (Lipinski definition) is 10. The number of methoxy groups -OCH3 is 2. The van der Waals surface area contributed by atoms with Crippen molar-refractivity contribution in [3.05, 3.63) is 41.2 Å². The van der Waals surface area contributed by atoms with E-state index in [1.54, 1.807) is 0 Å². The summed E-state index contributed by atoms with van der Waals surface area (Å²) in [5, 5.41) is 2.64. The second kappa shape index (κ2) is 12.7. The van der Waals surface area contributed by atoms with Crippen LogP contribution < -0.4 is 14.2 Å². The Bertz CT molecular complexity index is 1340. The fourth-order valence-corrected chi connectivity index (χ4v) is 3.55. The molecule has 16 heteroatoms. The Hall–Kier alpha value is -3.95. The maximum Gasteiger partial charge on any atom is 0.534 e. The average Bonchev–Trinajstić information content (AvgIpc) is 3.75. The minimum absolute atomic E-state index is 0.206. The molecule has 0 aliphatic heterocycles. The van der Waals surface area contributed by atoms with E-state index >= 15 is 0 Å². The van der Waals surface area contributed by atoms with Crippen molar-refractivity contribution in [2.24, 2.45) is 5.92 Å². The minimum atomic E-state index is -6.21. The van der Waals surface area contributed by atoms with Crippen LogP contribution in [0.4, 0.5) is 17.7 Å². The van der Waals surface area contributed by atoms with Gasteiger partial charge in [-0.05, 0) is 37.0 Å². The van der Waals surface area contributed by atoms with Crippen LogP contribution in [-0.4, -0.2) is 57.5 Å². The van der Waals surface area contributed by atoms with Gasteiger partial charge in [-0.3, -0.25) is 4.79 Å². The molecule has 1 aromatic carbocycles. The third kappa shape index (κ3) is 7.34. The molecule has 1 aromatic heterocycles. The first-order valence-electron chi connectivity index (χ1n) is 11.3. The molecule has 1 aliphatic rings. The van der Waals surface area contributed by atoms with Gasteiger partial charge in [0.25, 0.3) is 5.91 Å². The van der Waals surface area contributed by atoms with E-state index < -0.39 is 61.8 Å². The van der Waals surface area contributed by atoms with E-state index in [4.69, 9.17) is 4.74 Å². The molecule has 3 rings (SSSR count). The van der Waals surface area contributed by atoms with Gasteiger partial charge >= 0.3 is 27.6 Å². The summed E-state index contributed by atoms with van der Waals surface area (Å²) in [5.74, 6) is -4.94. The van der Waals surface area contributed by atoms with Crippen LogP contribution in [-0.2, 0) is 19.8 Å². The SMILES string of the molecule is CC.COC(=O)c1nc(C(=O)NCC2CC2)ccc1-c1cc(OC)c(OS(=O)(=O)C(F)(F)F)cc1C(=O)OF. The number of benzene rings is 1. The van der Waals surface area contributed by atoms with Gasteiger partial charge in [0.15, 0.2) is 17.2 Å². The first-order chi connectivity index (χ1) is 18.3. The largest absolute Gasteiger partial charge is 0.534 e. The van der Waals surface area contributed by atoms with Gasteiger partial charge in [0.05, 0.1) is 19.8 Å². The molecule has 1 aliphatic carbocycles. The highest BCUT2D eigenvalue weighted by molar-refractivity contribution is 7.88. The topological polar surface area (TPSA) is 147 Å². The lowest BCUT2D eigenvalue weighted by Gasteiger charge is -2.17. The van der Waals surface area contributed by atoms with E-state index in [2.05, 4.69) is 24.2 Å². The molecule has 2 aromatic rings. The molecule has 0 radical (unpaired) electrons. The quantitative estimate of drug-likeness (QED) is 0.200. The Kier molecular flexibility index (Phi) is 10.2. The molecule has 0 atom stereocenters. The molecule has 1 amide bonds. The summed E-state index contributed by atoms with van der Waals surface area (Å²) >= 11 is 0. The van der Waals surface area contributed by atoms with Gasteiger partial charge in [0.2, 0.25) is 0 Å². The zero-order chi connectivity index (χ0) is 29.5. The van der Waals surface area contributed by atoms with Gasteiger partial charge in [-0.1, -0.05) is 13.8 Å². The molecule has 11 nitrogen and oxygen atoms in total. The van der Waals surface area contributed by atoms with Crippen molar-refractivity contribution in [3.63, 3.8) is 0 Å². The standard InChI is InChI=1S/C21H18F4N2O9S.C2H6/c1-33-15-7-12(13(19(29)35-25)8-16(15)36-37(31,32)21(22,23)24)11-5-6-14(27-17(11)20(30)34-2)18(28)26-9-10-3-4-10;1-2/h5-8,10H,3-4,9H2,1-2H3,(H,26,28);1-2H3. The normalized spacial score (nSPS) is 12.9. The molecular weight excluding hydrogens is 556 g/mol. The highest BCUT2D eigenvalue weighted by Crippen LogP contribution is 2.40. The summed E-state index contributed by atoms with van der Waals surface area (Å²) in [4.78, 5) is 44.2. The number of alkyl halides is 3. The Morgan fingerprint density at radius 3 is 2.18 bits per heavy atom. The summed E-state index contributed by atoms with van der Waals surface area (Å²) in [7, 11) is -4.29. The lowest BCUT2D eigenvalue weighted by atomic mass is 9.96. The van der Waals surface area contributed by atoms with Gasteiger partial charge in [-0.25, -0.2) is 19.5 Å². The summed E-state index contributed by atoms with van der Waals surface area (Å²) < 4.78 is 87.9. The minimum Gasteiger partial charge on any atom is -0.493 e. The van der Waals surface area contributed by atoms with Gasteiger partial charge in [-0.2, -0.15) is 21.6 Å². The number of ether oxygens (including phenoxy) is 2. The van der Waals surface area contributed by atoms with Gasteiger partial charge in [-0.15, -0.1) is 0 Å². The van der Waals surface area contributed by atoms with Gasteiger partial charge in [0, 0.05) is 28.3 Å². The van der Waals surface area contributed by atoms with Crippen molar-refractivity contribution < 1.29 is 59.1 Å². The van der Waals surface area contributed by atoms with Crippen molar-refractivity contribution in [1.82, 2.24) is 10.3 Å². The van der Waals surface area contributed by atoms with Crippen LogP contribution in [0.2, 0.25) is 0 Å². The first kappa shape index (κ1) is 31.3. The Morgan fingerprint density at radius 1 is 1.03 bits per heavy atom. The molecule has 0 spiro atoms. The number of esters is 1. The van der Waals surface area contributed by atoms with Crippen molar-refractivity contribution in [1.29, 1.82) is 0 Å². The molecule has 39 heavy (non-hydrogen) atoms. The fraction of sp³-hybridized carbons (Fsp3) is 0.391. The molecule has 0 saturated heterocycles. The van der Waals surface area contributed by atoms with E-state index in [0.717, 1.165) is 39.2 Å². The summed E-state index contributed by atoms with van der Waals surface area (Å²) in [6.45, 7) is 4.39. The van der Waals surface area contributed by atoms with E-state index in [1.807, 2.05) is 13.8 Å². The Labute approximate surface area is 220 Å². The number of amides is 1. The van der Waals surface area contributed by atoms with Crippen LogP contribution in [0.25, 0.3) is 11.1 Å². The van der Waals surface area contributed by atoms with Crippen LogP contribution >= 0.6 is 0 Å². The third-order valence-corrected chi connectivity index (χ3v) is 6.09. The second-order valence-electron chi connectivity index (χ2n) is 7.63. The fourth-order valence-electron chi connectivity index (χ4n) is 3.09. The van der Waals surface area contributed by atoms with E-state index in [0.29, 0.717) is 18.5 Å². The monoisotopic (exact) mass is 580 g/mol. The Balaban J connectivity index is 0.00000260. The number of halogens is 4. The van der Waals surface area contributed by atoms with Crippen LogP contribution in [0.3, 0.4) is 0 Å². The molecule has 1 fully saturated rings. The average molecular weight is 581 g/mol. The molecule has 1 N–H and O–H groups in total. The lowest BCUT2D eigenvalue weighted by molar-refractivity contribution is -0.0787. The van der Waals surface area contributed by atoms with Crippen molar-refractivity contribution in [2.75, 3.05) is 20.8 Å². The van der Waals surface area contributed by atoms with E-state index in [1.165, 1.54) is 6.07 Å². The van der Waals surface area contributed by atoms with Crippen LogP contribution in [0.5, 0.6) is 11.5 Å². The van der Waals surface area contributed by atoms with Crippen molar-refractivity contribution in [2.45, 2.75) is 32.2 Å². The Morgan fingerprint density at radius 2 is 1.67 bits per heavy atom. The van der Waals surface area contributed by atoms with Crippen molar-refractivity contribution in [3.8, 4) is 22.6 Å². The number of aromatic nitrogens is 1. The van der Waals surface area contributed by atoms with Crippen LogP contribution in [0.1, 0.15) is 58.0 Å². The third-order valence-electron chi connectivity index (χ3n) is 5.12. The summed E-state index contributed by atoms with van der Waals surface area (Å²) in [6.07, 6.45) is 1.92. The molecule has 0 unspecified atom stereocenters. The highest BCUT2D eigenvalue weighted by Gasteiger charge is 2.49. The van der Waals surface area contributed by atoms with Crippen LogP contribution in [0.15, 0.2) is 24.3 Å². The highest BCUT2D eigenvalue weighted by atomic mass is 32.2. The summed E-state index contributed by atoms with van der Waals surface area (Å²) in [5.41, 5.74) is -8.09. The number of rotatable bonds is 9. The summed E-state index contributed by atoms with van der Waals surface area (Å²) in [6, 6.07) is 3.52. The molecular formula is C23H24F4N2O9S. The van der Waals surface area contributed by atoms with Crippen LogP contribution in [0, 0.1) is 5.92 Å². The molecule has 214 valence electrons. The number of pyridine rings is 1. The number of hydrogen-bond donors (Lipinski definition) is 1. The van der Waals surface area contributed by atoms with Gasteiger partial charge < -0.3 is 19.0 Å². The van der Waals surface area contributed by atoms with Gasteiger partial charge in [0.1, 0.15) is 5.69 Å². The maximum atomic E-state index is 12.9. The van der Waals surface area contributed by atoms with E-state index in [-0.39, 0.29) is 11.3 Å². The molecule has 0 bridgehead atoms. The number of carbonyl (C=O) groups is 3. The number of nitrogens with zero attached hydrogens (tertiary/aromatic N) is 1. The number of carbonyl (C=O) groups excluding carboxylic acids is 3.